The predicted molar refractivity (Wildman–Crippen MR) is 73.8 cm³/mol. The van der Waals surface area contributed by atoms with Crippen molar-refractivity contribution in [1.29, 1.82) is 0 Å². The van der Waals surface area contributed by atoms with Gasteiger partial charge in [-0.2, -0.15) is 0 Å². The Kier molecular flexibility index (Phi) is 4.27. The molecule has 0 radical (unpaired) electrons. The molecule has 3 nitrogen and oxygen atoms in total. The Hall–Kier alpha value is -0.0700. The second kappa shape index (κ2) is 5.51. The van der Waals surface area contributed by atoms with Crippen LogP contribution in [0.5, 0.6) is 0 Å². The van der Waals surface area contributed by atoms with Crippen molar-refractivity contribution in [3.63, 3.8) is 0 Å². The first-order valence-corrected chi connectivity index (χ1v) is 6.84. The van der Waals surface area contributed by atoms with Crippen molar-refractivity contribution in [2.24, 2.45) is 5.92 Å². The molecule has 1 heterocycles. The first kappa shape index (κ1) is 12.4. The summed E-state index contributed by atoms with van der Waals surface area (Å²) in [6, 6.07) is 1.84. The molecule has 0 saturated heterocycles. The first-order valence-electron chi connectivity index (χ1n) is 5.38. The zero-order valence-electron chi connectivity index (χ0n) is 8.79. The highest BCUT2D eigenvalue weighted by atomic mass is 127. The van der Waals surface area contributed by atoms with Crippen LogP contribution in [-0.4, -0.2) is 22.7 Å². The van der Waals surface area contributed by atoms with Crippen LogP contribution in [0.25, 0.3) is 0 Å². The Morgan fingerprint density at radius 1 is 1.56 bits per heavy atom. The quantitative estimate of drug-likeness (QED) is 0.649. The van der Waals surface area contributed by atoms with Crippen LogP contribution >= 0.6 is 34.2 Å². The number of hydrogen-bond donors (Lipinski definition) is 2. The average Bonchev–Trinajstić information content (AvgIpc) is 2.66. The van der Waals surface area contributed by atoms with Crippen LogP contribution in [0.1, 0.15) is 19.3 Å². The van der Waals surface area contributed by atoms with Crippen LogP contribution in [0.15, 0.2) is 12.3 Å². The minimum atomic E-state index is -0.105. The maximum atomic E-state index is 9.44. The number of pyridine rings is 1. The summed E-state index contributed by atoms with van der Waals surface area (Å²) in [7, 11) is 0. The van der Waals surface area contributed by atoms with Crippen molar-refractivity contribution < 1.29 is 5.11 Å². The van der Waals surface area contributed by atoms with Gasteiger partial charge in [-0.15, -0.1) is 0 Å². The molecule has 0 amide bonds. The van der Waals surface area contributed by atoms with E-state index in [0.29, 0.717) is 11.1 Å². The monoisotopic (exact) mass is 352 g/mol. The molecule has 2 rings (SSSR count). The largest absolute Gasteiger partial charge is 0.393 e. The normalized spacial score (nSPS) is 24.7. The lowest BCUT2D eigenvalue weighted by atomic mass is 10.1. The third kappa shape index (κ3) is 3.21. The molecule has 0 aromatic carbocycles. The third-order valence-electron chi connectivity index (χ3n) is 2.92. The lowest BCUT2D eigenvalue weighted by Gasteiger charge is -2.13. The van der Waals surface area contributed by atoms with E-state index in [9.17, 15) is 5.11 Å². The summed E-state index contributed by atoms with van der Waals surface area (Å²) in [6.07, 6.45) is 4.59. The number of nitrogens with one attached hydrogen (secondary N) is 1. The van der Waals surface area contributed by atoms with Gasteiger partial charge in [0.15, 0.2) is 0 Å². The van der Waals surface area contributed by atoms with Gasteiger partial charge < -0.3 is 10.4 Å². The highest BCUT2D eigenvalue weighted by Gasteiger charge is 2.22. The molecule has 0 unspecified atom stereocenters. The molecule has 88 valence electrons. The van der Waals surface area contributed by atoms with E-state index in [0.717, 1.165) is 35.1 Å². The van der Waals surface area contributed by atoms with Crippen LogP contribution in [0.4, 0.5) is 5.69 Å². The summed E-state index contributed by atoms with van der Waals surface area (Å²) in [5.74, 6) is 0.567. The van der Waals surface area contributed by atoms with E-state index in [-0.39, 0.29) is 6.10 Å². The Balaban J connectivity index is 1.91. The van der Waals surface area contributed by atoms with Crippen LogP contribution in [0.2, 0.25) is 5.15 Å². The maximum Gasteiger partial charge on any atom is 0.131 e. The van der Waals surface area contributed by atoms with Crippen molar-refractivity contribution in [2.75, 3.05) is 11.9 Å². The molecule has 1 saturated carbocycles. The van der Waals surface area contributed by atoms with E-state index in [2.05, 4.69) is 32.9 Å². The van der Waals surface area contributed by atoms with Gasteiger partial charge in [0.2, 0.25) is 0 Å². The highest BCUT2D eigenvalue weighted by molar-refractivity contribution is 14.1. The zero-order valence-corrected chi connectivity index (χ0v) is 11.7. The summed E-state index contributed by atoms with van der Waals surface area (Å²) < 4.78 is 1.07. The van der Waals surface area contributed by atoms with Gasteiger partial charge in [0.05, 0.1) is 15.4 Å². The second-order valence-corrected chi connectivity index (χ2v) is 5.75. The summed E-state index contributed by atoms with van der Waals surface area (Å²) in [5, 5.41) is 13.3. The van der Waals surface area contributed by atoms with E-state index >= 15 is 0 Å². The standard InChI is InChI=1S/C11H14ClIN2O/c12-11-4-10(9(13)6-15-11)14-5-7-1-2-8(16)3-7/h4,6-8,16H,1-3,5H2,(H,14,15)/t7-,8+/m0/s1. The fraction of sp³-hybridized carbons (Fsp3) is 0.545. The van der Waals surface area contributed by atoms with Crippen molar-refractivity contribution in [3.8, 4) is 0 Å². The second-order valence-electron chi connectivity index (χ2n) is 4.20. The fourth-order valence-electron chi connectivity index (χ4n) is 2.04. The highest BCUT2D eigenvalue weighted by Crippen LogP contribution is 2.27. The molecule has 0 aliphatic heterocycles. The smallest absolute Gasteiger partial charge is 0.131 e. The molecule has 5 heteroatoms. The number of aromatic nitrogens is 1. The van der Waals surface area contributed by atoms with Crippen LogP contribution in [0, 0.1) is 9.49 Å². The van der Waals surface area contributed by atoms with E-state index in [1.54, 1.807) is 6.20 Å². The molecular weight excluding hydrogens is 338 g/mol. The van der Waals surface area contributed by atoms with E-state index in [1.807, 2.05) is 6.07 Å². The molecule has 0 spiro atoms. The van der Waals surface area contributed by atoms with Gasteiger partial charge in [0, 0.05) is 12.7 Å². The van der Waals surface area contributed by atoms with Gasteiger partial charge in [0.25, 0.3) is 0 Å². The number of hydrogen-bond acceptors (Lipinski definition) is 3. The molecule has 0 bridgehead atoms. The van der Waals surface area contributed by atoms with Crippen LogP contribution < -0.4 is 5.32 Å². The minimum absolute atomic E-state index is 0.105. The topological polar surface area (TPSA) is 45.1 Å². The molecule has 16 heavy (non-hydrogen) atoms. The number of aliphatic hydroxyl groups excluding tert-OH is 1. The van der Waals surface area contributed by atoms with Crippen LogP contribution in [0.3, 0.4) is 0 Å². The summed E-state index contributed by atoms with van der Waals surface area (Å²) in [6.45, 7) is 0.896. The lowest BCUT2D eigenvalue weighted by Crippen LogP contribution is -2.13. The minimum Gasteiger partial charge on any atom is -0.393 e. The van der Waals surface area contributed by atoms with Gasteiger partial charge in [-0.1, -0.05) is 11.6 Å². The maximum absolute atomic E-state index is 9.44. The first-order chi connectivity index (χ1) is 7.65. The Labute approximate surface area is 114 Å². The molecule has 2 atom stereocenters. The molecule has 1 aliphatic rings. The number of rotatable bonds is 3. The van der Waals surface area contributed by atoms with E-state index < -0.39 is 0 Å². The number of aliphatic hydroxyl groups is 1. The number of nitrogens with zero attached hydrogens (tertiary/aromatic N) is 1. The zero-order chi connectivity index (χ0) is 11.5. The Morgan fingerprint density at radius 3 is 3.06 bits per heavy atom. The van der Waals surface area contributed by atoms with E-state index in [4.69, 9.17) is 11.6 Å². The number of anilines is 1. The average molecular weight is 353 g/mol. The SMILES string of the molecule is O[C@@H]1CC[C@H](CNc2cc(Cl)ncc2I)C1. The third-order valence-corrected chi connectivity index (χ3v) is 3.98. The summed E-state index contributed by atoms with van der Waals surface area (Å²) >= 11 is 8.08. The molecule has 1 aromatic heterocycles. The summed E-state index contributed by atoms with van der Waals surface area (Å²) in [5.41, 5.74) is 1.03. The number of halogens is 2. The van der Waals surface area contributed by atoms with Crippen molar-refractivity contribution in [2.45, 2.75) is 25.4 Å². The van der Waals surface area contributed by atoms with Crippen LogP contribution in [-0.2, 0) is 0 Å². The fourth-order valence-corrected chi connectivity index (χ4v) is 2.68. The molecular formula is C11H14ClIN2O. The van der Waals surface area contributed by atoms with Crippen molar-refractivity contribution in [3.05, 3.63) is 21.0 Å². The van der Waals surface area contributed by atoms with Gasteiger partial charge in [-0.25, -0.2) is 4.98 Å². The van der Waals surface area contributed by atoms with Gasteiger partial charge in [-0.05, 0) is 53.8 Å². The van der Waals surface area contributed by atoms with Crippen molar-refractivity contribution in [1.82, 2.24) is 4.98 Å². The van der Waals surface area contributed by atoms with Gasteiger partial charge in [0.1, 0.15) is 5.15 Å². The Morgan fingerprint density at radius 2 is 2.38 bits per heavy atom. The molecule has 1 aromatic rings. The van der Waals surface area contributed by atoms with Gasteiger partial charge in [-0.3, -0.25) is 0 Å². The molecule has 1 aliphatic carbocycles. The van der Waals surface area contributed by atoms with Gasteiger partial charge >= 0.3 is 0 Å². The Bertz CT molecular complexity index is 375. The summed E-state index contributed by atoms with van der Waals surface area (Å²) in [4.78, 5) is 4.01. The van der Waals surface area contributed by atoms with E-state index in [1.165, 1.54) is 0 Å². The molecule has 2 N–H and O–H groups in total. The lowest BCUT2D eigenvalue weighted by molar-refractivity contribution is 0.178. The predicted octanol–water partition coefficient (Wildman–Crippen LogP) is 2.91. The van der Waals surface area contributed by atoms with Crippen molar-refractivity contribution >= 4 is 39.9 Å². The molecule has 1 fully saturated rings.